The van der Waals surface area contributed by atoms with Gasteiger partial charge < -0.3 is 24.9 Å². The van der Waals surface area contributed by atoms with Crippen LogP contribution in [0.2, 0.25) is 0 Å². The highest BCUT2D eigenvalue weighted by molar-refractivity contribution is 5.79. The van der Waals surface area contributed by atoms with E-state index in [-0.39, 0.29) is 5.75 Å². The van der Waals surface area contributed by atoms with E-state index in [1.54, 1.807) is 31.6 Å². The number of rotatable bonds is 7. The molecule has 146 valence electrons. The van der Waals surface area contributed by atoms with Gasteiger partial charge in [0.2, 0.25) is 5.89 Å². The molecule has 0 unspecified atom stereocenters. The number of oxazole rings is 1. The lowest BCUT2D eigenvalue weighted by molar-refractivity contribution is 0.411. The summed E-state index contributed by atoms with van der Waals surface area (Å²) in [5, 5.41) is 16.4. The Hall–Kier alpha value is -3.48. The Morgan fingerprint density at radius 3 is 2.75 bits per heavy atom. The average molecular weight is 380 g/mol. The van der Waals surface area contributed by atoms with Gasteiger partial charge in [-0.05, 0) is 37.3 Å². The summed E-state index contributed by atoms with van der Waals surface area (Å²) in [7, 11) is 1.59. The predicted octanol–water partition coefficient (Wildman–Crippen LogP) is 3.31. The van der Waals surface area contributed by atoms with E-state index < -0.39 is 0 Å². The molecule has 0 saturated heterocycles. The summed E-state index contributed by atoms with van der Waals surface area (Å²) in [6.07, 6.45) is 1.63. The first kappa shape index (κ1) is 19.3. The molecule has 1 aromatic heterocycles. The van der Waals surface area contributed by atoms with E-state index in [1.165, 1.54) is 0 Å². The third kappa shape index (κ3) is 5.03. The van der Waals surface area contributed by atoms with Crippen LogP contribution in [0.1, 0.15) is 18.2 Å². The molecule has 0 atom stereocenters. The molecular formula is C21H24N4O3. The monoisotopic (exact) mass is 380 g/mol. The number of hydrogen-bond donors (Lipinski definition) is 3. The Bertz CT molecular complexity index is 922. The Morgan fingerprint density at radius 1 is 1.18 bits per heavy atom. The molecule has 1 heterocycles. The van der Waals surface area contributed by atoms with Gasteiger partial charge in [-0.25, -0.2) is 9.98 Å². The maximum absolute atomic E-state index is 10.0. The van der Waals surface area contributed by atoms with E-state index in [0.29, 0.717) is 42.8 Å². The zero-order chi connectivity index (χ0) is 19.8. The van der Waals surface area contributed by atoms with Gasteiger partial charge in [0.15, 0.2) is 5.96 Å². The highest BCUT2D eigenvalue weighted by Crippen LogP contribution is 2.23. The number of phenolic OH excluding ortho intramolecular Hbond substituents is 1. The summed E-state index contributed by atoms with van der Waals surface area (Å²) in [5.41, 5.74) is 2.39. The van der Waals surface area contributed by atoms with Crippen molar-refractivity contribution < 1.29 is 14.3 Å². The minimum Gasteiger partial charge on any atom is -0.508 e. The number of phenols is 1. The van der Waals surface area contributed by atoms with Crippen LogP contribution in [-0.2, 0) is 13.1 Å². The first-order valence-electron chi connectivity index (χ1n) is 9.07. The van der Waals surface area contributed by atoms with Crippen LogP contribution < -0.4 is 15.4 Å². The second kappa shape index (κ2) is 9.45. The predicted molar refractivity (Wildman–Crippen MR) is 108 cm³/mol. The maximum Gasteiger partial charge on any atom is 0.226 e. The molecule has 0 fully saturated rings. The lowest BCUT2D eigenvalue weighted by atomic mass is 10.2. The Morgan fingerprint density at radius 2 is 2.00 bits per heavy atom. The molecule has 0 aliphatic heterocycles. The van der Waals surface area contributed by atoms with Crippen molar-refractivity contribution in [3.8, 4) is 23.0 Å². The number of methoxy groups -OCH3 is 1. The zero-order valence-corrected chi connectivity index (χ0v) is 16.0. The molecule has 0 aliphatic rings. The number of aliphatic imine (C=N–C) groups is 1. The van der Waals surface area contributed by atoms with Crippen LogP contribution in [0.15, 0.2) is 64.2 Å². The fourth-order valence-electron chi connectivity index (χ4n) is 2.60. The lowest BCUT2D eigenvalue weighted by Gasteiger charge is -2.11. The largest absolute Gasteiger partial charge is 0.508 e. The molecule has 0 amide bonds. The van der Waals surface area contributed by atoms with E-state index in [1.807, 2.05) is 37.3 Å². The minimum absolute atomic E-state index is 0.185. The van der Waals surface area contributed by atoms with Gasteiger partial charge in [0.25, 0.3) is 0 Å². The number of aromatic hydroxyl groups is 1. The Kier molecular flexibility index (Phi) is 6.51. The smallest absolute Gasteiger partial charge is 0.226 e. The van der Waals surface area contributed by atoms with Crippen LogP contribution in [0, 0.1) is 0 Å². The molecule has 2 aromatic carbocycles. The van der Waals surface area contributed by atoms with Crippen LogP contribution in [-0.4, -0.2) is 29.7 Å². The molecular weight excluding hydrogens is 356 g/mol. The molecule has 0 bridgehead atoms. The van der Waals surface area contributed by atoms with E-state index in [0.717, 1.165) is 11.3 Å². The second-order valence-electron chi connectivity index (χ2n) is 6.05. The van der Waals surface area contributed by atoms with Crippen LogP contribution in [0.5, 0.6) is 11.5 Å². The fraction of sp³-hybridized carbons (Fsp3) is 0.238. The first-order chi connectivity index (χ1) is 13.7. The van der Waals surface area contributed by atoms with Crippen molar-refractivity contribution in [1.29, 1.82) is 0 Å². The molecule has 7 nitrogen and oxygen atoms in total. The third-order valence-corrected chi connectivity index (χ3v) is 4.05. The van der Waals surface area contributed by atoms with Crippen LogP contribution in [0.4, 0.5) is 0 Å². The lowest BCUT2D eigenvalue weighted by Crippen LogP contribution is -2.36. The number of ether oxygens (including phenoxy) is 1. The van der Waals surface area contributed by atoms with Crippen molar-refractivity contribution in [2.45, 2.75) is 20.0 Å². The highest BCUT2D eigenvalue weighted by atomic mass is 16.5. The van der Waals surface area contributed by atoms with E-state index in [9.17, 15) is 5.11 Å². The molecule has 3 aromatic rings. The van der Waals surface area contributed by atoms with Crippen molar-refractivity contribution in [2.75, 3.05) is 13.7 Å². The molecule has 7 heteroatoms. The molecule has 0 radical (unpaired) electrons. The standard InChI is InChI=1S/C21H24N4O3/c1-3-22-21(23-12-16-11-18(27-2)9-10-19(16)26)24-13-17-14-28-20(25-17)15-7-5-4-6-8-15/h4-11,14,26H,3,12-13H2,1-2H3,(H2,22,23,24). The first-order valence-corrected chi connectivity index (χ1v) is 9.07. The summed E-state index contributed by atoms with van der Waals surface area (Å²) in [6.45, 7) is 3.48. The normalized spacial score (nSPS) is 11.3. The summed E-state index contributed by atoms with van der Waals surface area (Å²) >= 11 is 0. The summed E-state index contributed by atoms with van der Waals surface area (Å²) in [4.78, 5) is 9.02. The minimum atomic E-state index is 0.185. The van der Waals surface area contributed by atoms with E-state index >= 15 is 0 Å². The molecule has 28 heavy (non-hydrogen) atoms. The number of guanidine groups is 1. The summed E-state index contributed by atoms with van der Waals surface area (Å²) in [6, 6.07) is 14.8. The number of nitrogens with zero attached hydrogens (tertiary/aromatic N) is 2. The van der Waals surface area contributed by atoms with Gasteiger partial charge in [-0.2, -0.15) is 0 Å². The van der Waals surface area contributed by atoms with Crippen molar-refractivity contribution in [2.24, 2.45) is 4.99 Å². The number of aromatic nitrogens is 1. The Labute approximate surface area is 164 Å². The number of benzene rings is 2. The Balaban J connectivity index is 1.65. The van der Waals surface area contributed by atoms with E-state index in [2.05, 4.69) is 20.6 Å². The van der Waals surface area contributed by atoms with Crippen molar-refractivity contribution in [3.63, 3.8) is 0 Å². The van der Waals surface area contributed by atoms with Crippen molar-refractivity contribution >= 4 is 5.96 Å². The van der Waals surface area contributed by atoms with Gasteiger partial charge in [-0.15, -0.1) is 0 Å². The third-order valence-electron chi connectivity index (χ3n) is 4.05. The van der Waals surface area contributed by atoms with Crippen LogP contribution in [0.3, 0.4) is 0 Å². The van der Waals surface area contributed by atoms with Gasteiger partial charge in [0, 0.05) is 17.7 Å². The molecule has 0 aliphatic carbocycles. The fourth-order valence-corrected chi connectivity index (χ4v) is 2.60. The second-order valence-corrected chi connectivity index (χ2v) is 6.05. The van der Waals surface area contributed by atoms with Crippen molar-refractivity contribution in [1.82, 2.24) is 15.6 Å². The highest BCUT2D eigenvalue weighted by Gasteiger charge is 2.08. The summed E-state index contributed by atoms with van der Waals surface area (Å²) in [5.74, 6) is 2.07. The zero-order valence-electron chi connectivity index (χ0n) is 16.0. The SMILES string of the molecule is CCNC(=NCc1cc(OC)ccc1O)NCc1coc(-c2ccccc2)n1. The van der Waals surface area contributed by atoms with Gasteiger partial charge in [0.05, 0.1) is 25.9 Å². The molecule has 0 saturated carbocycles. The van der Waals surface area contributed by atoms with E-state index in [4.69, 9.17) is 9.15 Å². The molecule has 0 spiro atoms. The van der Waals surface area contributed by atoms with Crippen molar-refractivity contribution in [3.05, 3.63) is 66.1 Å². The maximum atomic E-state index is 10.0. The average Bonchev–Trinajstić information content (AvgIpc) is 3.21. The number of nitrogens with one attached hydrogen (secondary N) is 2. The summed E-state index contributed by atoms with van der Waals surface area (Å²) < 4.78 is 10.8. The quantitative estimate of drug-likeness (QED) is 0.430. The van der Waals surface area contributed by atoms with Crippen LogP contribution >= 0.6 is 0 Å². The molecule has 3 rings (SSSR count). The topological polar surface area (TPSA) is 91.9 Å². The van der Waals surface area contributed by atoms with Gasteiger partial charge in [0.1, 0.15) is 17.8 Å². The van der Waals surface area contributed by atoms with Gasteiger partial charge in [-0.3, -0.25) is 0 Å². The molecule has 3 N–H and O–H groups in total. The van der Waals surface area contributed by atoms with Crippen LogP contribution in [0.25, 0.3) is 11.5 Å². The van der Waals surface area contributed by atoms with Gasteiger partial charge in [-0.1, -0.05) is 18.2 Å². The van der Waals surface area contributed by atoms with Gasteiger partial charge >= 0.3 is 0 Å². The number of hydrogen-bond acceptors (Lipinski definition) is 5.